The Morgan fingerprint density at radius 1 is 0.300 bits per heavy atom. The van der Waals surface area contributed by atoms with Crippen LogP contribution in [0.2, 0.25) is 0 Å². The Hall–Kier alpha value is -10.4. The summed E-state index contributed by atoms with van der Waals surface area (Å²) in [5.41, 5.74) is 20.5. The minimum Gasteiger partial charge on any atom is -0.493 e. The van der Waals surface area contributed by atoms with Gasteiger partial charge in [0.25, 0.3) is 0 Å². The number of rotatable bonds is 24. The normalized spacial score (nSPS) is 11.4. The molecule has 1 heterocycles. The van der Waals surface area contributed by atoms with Crippen molar-refractivity contribution in [3.05, 3.63) is 404 Å². The number of methoxy groups -OCH3 is 1. The van der Waals surface area contributed by atoms with Gasteiger partial charge in [0.05, 0.1) is 18.3 Å². The molecule has 0 amide bonds. The smallest absolute Gasteiger partial charge is 0.168 e. The topological polar surface area (TPSA) is 44.2 Å². The summed E-state index contributed by atoms with van der Waals surface area (Å²) < 4.78 is 15.6. The van der Waals surface area contributed by atoms with Crippen LogP contribution in [-0.2, 0) is 64.2 Å². The highest BCUT2D eigenvalue weighted by molar-refractivity contribution is 6.01. The first-order valence-corrected chi connectivity index (χ1v) is 31.6. The SMILES string of the molecule is COc1c(OC(Cc2ccccc2)(Cc2ccccc2)Cc2ccccc2)c(Cc2ccccc2)c2nc(Cc3ccccc3)nc(-c3[c]c(Cc4ccccc4)c(Cc4ccccc4)c(Cc4ccccc4)c3Cc3ccccc3)c2c1Cc1ccccc1. The van der Waals surface area contributed by atoms with Crippen molar-refractivity contribution in [1.82, 2.24) is 9.97 Å². The third kappa shape index (κ3) is 14.1. The molecule has 0 bridgehead atoms. The van der Waals surface area contributed by atoms with Crippen molar-refractivity contribution >= 4 is 10.9 Å². The van der Waals surface area contributed by atoms with Crippen LogP contribution in [0.15, 0.2) is 303 Å². The summed E-state index contributed by atoms with van der Waals surface area (Å²) in [5.74, 6) is 2.08. The lowest BCUT2D eigenvalue weighted by atomic mass is 9.80. The van der Waals surface area contributed by atoms with E-state index in [1.807, 2.05) is 7.11 Å². The average molecular weight is 1170 g/mol. The lowest BCUT2D eigenvalue weighted by Crippen LogP contribution is -2.44. The van der Waals surface area contributed by atoms with Crippen LogP contribution >= 0.6 is 0 Å². The maximum atomic E-state index is 8.38. The van der Waals surface area contributed by atoms with Gasteiger partial charge in [-0.25, -0.2) is 9.97 Å². The standard InChI is InChI=1S/C86H73N2O2/c1-89-84-78(56-67-40-20-6-21-41-67)81-82(77-59-73(52-63-32-12-2-13-33-63)74(53-64-34-14-3-15-35-64)75(54-65-36-16-4-17-37-65)76(77)55-66-38-18-5-19-39-66)87-80(58-69-44-24-8-25-45-69)88-83(81)79(57-68-42-22-7-23-43-68)85(84)90-86(60-70-46-26-9-27-47-70,61-71-48-28-10-29-49-71)62-72-50-30-11-31-51-72/h2-51H,52-58,60-62H2,1H3. The number of nitrogens with zero attached hydrogens (tertiary/aromatic N) is 2. The summed E-state index contributed by atoms with van der Waals surface area (Å²) in [6.45, 7) is 0. The summed E-state index contributed by atoms with van der Waals surface area (Å²) in [5, 5.41) is 0.934. The number of fused-ring (bicyclic) bond motifs is 1. The molecular weight excluding hydrogens is 1090 g/mol. The molecule has 0 atom stereocenters. The summed E-state index contributed by atoms with van der Waals surface area (Å²) in [6, 6.07) is 113. The van der Waals surface area contributed by atoms with Gasteiger partial charge >= 0.3 is 0 Å². The zero-order chi connectivity index (χ0) is 60.7. The average Bonchev–Trinajstić information content (AvgIpc) is 0.741. The van der Waals surface area contributed by atoms with E-state index in [9.17, 15) is 0 Å². The zero-order valence-electron chi connectivity index (χ0n) is 51.1. The summed E-state index contributed by atoms with van der Waals surface area (Å²) in [4.78, 5) is 12.0. The molecule has 13 aromatic rings. The Kier molecular flexibility index (Phi) is 18.3. The van der Waals surface area contributed by atoms with Crippen LogP contribution < -0.4 is 9.47 Å². The second-order valence-electron chi connectivity index (χ2n) is 23.9. The molecule has 90 heavy (non-hydrogen) atoms. The first-order valence-electron chi connectivity index (χ1n) is 31.6. The lowest BCUT2D eigenvalue weighted by Gasteiger charge is -2.37. The number of hydrogen-bond donors (Lipinski definition) is 0. The maximum absolute atomic E-state index is 8.38. The molecule has 0 unspecified atom stereocenters. The van der Waals surface area contributed by atoms with E-state index in [-0.39, 0.29) is 0 Å². The van der Waals surface area contributed by atoms with E-state index in [2.05, 4.69) is 309 Å². The number of benzene rings is 12. The van der Waals surface area contributed by atoms with Gasteiger partial charge in [0.1, 0.15) is 11.4 Å². The molecule has 1 aromatic heterocycles. The van der Waals surface area contributed by atoms with Crippen LogP contribution in [0.1, 0.15) is 94.8 Å². The van der Waals surface area contributed by atoms with Crippen LogP contribution in [0.5, 0.6) is 11.5 Å². The quantitative estimate of drug-likeness (QED) is 0.0605. The van der Waals surface area contributed by atoms with E-state index < -0.39 is 5.60 Å². The van der Waals surface area contributed by atoms with E-state index >= 15 is 0 Å². The molecule has 0 fully saturated rings. The Morgan fingerprint density at radius 3 is 0.989 bits per heavy atom. The second-order valence-corrected chi connectivity index (χ2v) is 23.9. The third-order valence-corrected chi connectivity index (χ3v) is 17.4. The second kappa shape index (κ2) is 28.2. The maximum Gasteiger partial charge on any atom is 0.168 e. The molecule has 0 saturated carbocycles. The molecule has 0 spiro atoms. The number of aromatic nitrogens is 2. The van der Waals surface area contributed by atoms with Crippen molar-refractivity contribution in [3.8, 4) is 22.8 Å². The van der Waals surface area contributed by atoms with E-state index in [1.54, 1.807) is 0 Å². The first-order chi connectivity index (χ1) is 44.5. The largest absolute Gasteiger partial charge is 0.493 e. The predicted molar refractivity (Wildman–Crippen MR) is 369 cm³/mol. The molecule has 4 nitrogen and oxygen atoms in total. The summed E-state index contributed by atoms with van der Waals surface area (Å²) >= 11 is 0. The highest BCUT2D eigenvalue weighted by Gasteiger charge is 2.38. The highest BCUT2D eigenvalue weighted by Crippen LogP contribution is 2.50. The van der Waals surface area contributed by atoms with Gasteiger partial charge in [-0.05, 0) is 110 Å². The third-order valence-electron chi connectivity index (χ3n) is 17.4. The molecule has 0 saturated heterocycles. The minimum atomic E-state index is -0.840. The Labute approximate surface area is 531 Å². The van der Waals surface area contributed by atoms with Gasteiger partial charge in [0, 0.05) is 60.6 Å². The van der Waals surface area contributed by atoms with Crippen molar-refractivity contribution < 1.29 is 9.47 Å². The van der Waals surface area contributed by atoms with Gasteiger partial charge in [-0.2, -0.15) is 0 Å². The van der Waals surface area contributed by atoms with Crippen LogP contribution in [0.25, 0.3) is 22.2 Å². The van der Waals surface area contributed by atoms with Crippen LogP contribution in [0.3, 0.4) is 0 Å². The molecule has 12 aromatic carbocycles. The van der Waals surface area contributed by atoms with E-state index in [0.717, 1.165) is 62.0 Å². The molecule has 4 heteroatoms. The molecular formula is C86H73N2O2. The van der Waals surface area contributed by atoms with Crippen molar-refractivity contribution in [2.45, 2.75) is 69.8 Å². The molecule has 1 radical (unpaired) electrons. The van der Waals surface area contributed by atoms with Crippen LogP contribution in [-0.4, -0.2) is 22.7 Å². The molecule has 13 rings (SSSR count). The van der Waals surface area contributed by atoms with Crippen LogP contribution in [0.4, 0.5) is 0 Å². The lowest BCUT2D eigenvalue weighted by molar-refractivity contribution is 0.0648. The van der Waals surface area contributed by atoms with Gasteiger partial charge in [-0.1, -0.05) is 303 Å². The van der Waals surface area contributed by atoms with Gasteiger partial charge < -0.3 is 9.47 Å². The van der Waals surface area contributed by atoms with E-state index in [0.29, 0.717) is 75.1 Å². The molecule has 0 aliphatic rings. The first kappa shape index (κ1) is 58.6. The van der Waals surface area contributed by atoms with E-state index in [4.69, 9.17) is 19.4 Å². The van der Waals surface area contributed by atoms with Crippen molar-refractivity contribution in [2.75, 3.05) is 7.11 Å². The monoisotopic (exact) mass is 1170 g/mol. The van der Waals surface area contributed by atoms with Gasteiger partial charge in [-0.15, -0.1) is 0 Å². The van der Waals surface area contributed by atoms with Gasteiger partial charge in [0.2, 0.25) is 0 Å². The highest BCUT2D eigenvalue weighted by atomic mass is 16.5. The fourth-order valence-electron chi connectivity index (χ4n) is 13.2. The van der Waals surface area contributed by atoms with Gasteiger partial charge in [0.15, 0.2) is 11.5 Å². The molecule has 0 aliphatic heterocycles. The number of ether oxygens (including phenoxy) is 2. The van der Waals surface area contributed by atoms with Crippen molar-refractivity contribution in [1.29, 1.82) is 0 Å². The van der Waals surface area contributed by atoms with Gasteiger partial charge in [-0.3, -0.25) is 0 Å². The Morgan fingerprint density at radius 2 is 0.611 bits per heavy atom. The fraction of sp³-hybridized carbons (Fsp3) is 0.140. The summed E-state index contributed by atoms with van der Waals surface area (Å²) in [7, 11) is 1.83. The number of hydrogen-bond acceptors (Lipinski definition) is 4. The summed E-state index contributed by atoms with van der Waals surface area (Å²) in [6.07, 6.45) is 6.13. The Balaban J connectivity index is 1.19. The van der Waals surface area contributed by atoms with Crippen LogP contribution in [0, 0.1) is 6.07 Å². The fourth-order valence-corrected chi connectivity index (χ4v) is 13.2. The zero-order valence-corrected chi connectivity index (χ0v) is 51.1. The molecule has 0 aliphatic carbocycles. The molecule has 0 N–H and O–H groups in total. The van der Waals surface area contributed by atoms with Crippen molar-refractivity contribution in [2.24, 2.45) is 0 Å². The van der Waals surface area contributed by atoms with E-state index in [1.165, 1.54) is 55.6 Å². The Bertz CT molecular complexity index is 4320. The minimum absolute atomic E-state index is 0.499. The molecule has 439 valence electrons. The predicted octanol–water partition coefficient (Wildman–Crippen LogP) is 19.1. The van der Waals surface area contributed by atoms with Crippen molar-refractivity contribution in [3.63, 3.8) is 0 Å².